The molecule has 2 aromatic rings. The molecular weight excluding hydrogens is 320 g/mol. The quantitative estimate of drug-likeness (QED) is 0.868. The maximum Gasteiger partial charge on any atom is 0.321 e. The second-order valence-electron chi connectivity index (χ2n) is 5.74. The second-order valence-corrected chi connectivity index (χ2v) is 6.59. The smallest absolute Gasteiger partial charge is 0.321 e. The molecule has 0 spiro atoms. The number of carbonyl (C=O) groups is 1. The summed E-state index contributed by atoms with van der Waals surface area (Å²) in [7, 11) is 0. The van der Waals surface area contributed by atoms with Crippen LogP contribution in [0.5, 0.6) is 0 Å². The van der Waals surface area contributed by atoms with Crippen LogP contribution in [-0.2, 0) is 0 Å². The molecule has 2 heterocycles. The Hall–Kier alpha value is -2.21. The molecule has 1 aromatic carbocycles. The topological polar surface area (TPSA) is 48.5 Å². The third-order valence-corrected chi connectivity index (χ3v) is 4.91. The van der Waals surface area contributed by atoms with Crippen molar-refractivity contribution >= 4 is 29.3 Å². The Morgan fingerprint density at radius 2 is 1.83 bits per heavy atom. The molecule has 1 fully saturated rings. The predicted molar refractivity (Wildman–Crippen MR) is 100 cm³/mol. The highest BCUT2D eigenvalue weighted by molar-refractivity contribution is 7.98. The molecule has 0 bridgehead atoms. The van der Waals surface area contributed by atoms with Gasteiger partial charge in [0, 0.05) is 36.8 Å². The summed E-state index contributed by atoms with van der Waals surface area (Å²) in [6.45, 7) is 4.99. The maximum atomic E-state index is 12.5. The van der Waals surface area contributed by atoms with E-state index in [1.54, 1.807) is 11.8 Å². The number of anilines is 2. The Balaban J connectivity index is 1.59. The first kappa shape index (κ1) is 16.6. The van der Waals surface area contributed by atoms with Crippen molar-refractivity contribution in [3.63, 3.8) is 0 Å². The largest absolute Gasteiger partial charge is 0.353 e. The van der Waals surface area contributed by atoms with Gasteiger partial charge in [-0.1, -0.05) is 18.2 Å². The maximum absolute atomic E-state index is 12.5. The molecule has 1 aliphatic heterocycles. The molecule has 0 atom stereocenters. The van der Waals surface area contributed by atoms with E-state index in [4.69, 9.17) is 0 Å². The lowest BCUT2D eigenvalue weighted by atomic mass is 10.3. The number of nitrogens with zero attached hydrogens (tertiary/aromatic N) is 3. The Labute approximate surface area is 147 Å². The predicted octanol–water partition coefficient (Wildman–Crippen LogP) is 3.47. The van der Waals surface area contributed by atoms with E-state index in [-0.39, 0.29) is 6.03 Å². The molecule has 2 amide bonds. The molecule has 6 heteroatoms. The van der Waals surface area contributed by atoms with E-state index < -0.39 is 0 Å². The van der Waals surface area contributed by atoms with Crippen LogP contribution in [0, 0.1) is 6.92 Å². The summed E-state index contributed by atoms with van der Waals surface area (Å²) < 4.78 is 0. The normalized spacial score (nSPS) is 14.6. The second kappa shape index (κ2) is 7.57. The zero-order valence-electron chi connectivity index (χ0n) is 14.0. The van der Waals surface area contributed by atoms with Crippen LogP contribution >= 0.6 is 11.8 Å². The van der Waals surface area contributed by atoms with E-state index in [2.05, 4.69) is 15.2 Å². The molecule has 0 radical (unpaired) electrons. The molecular formula is C18H22N4OS. The van der Waals surface area contributed by atoms with Crippen LogP contribution in [0.3, 0.4) is 0 Å². The summed E-state index contributed by atoms with van der Waals surface area (Å²) in [4.78, 5) is 22.2. The van der Waals surface area contributed by atoms with Gasteiger partial charge in [0.1, 0.15) is 5.82 Å². The zero-order chi connectivity index (χ0) is 16.9. The molecule has 0 aliphatic carbocycles. The lowest BCUT2D eigenvalue weighted by Crippen LogP contribution is -2.50. The van der Waals surface area contributed by atoms with Gasteiger partial charge in [0.25, 0.3) is 0 Å². The number of aryl methyl sites for hydroxylation is 1. The minimum atomic E-state index is -0.0339. The highest BCUT2D eigenvalue weighted by Gasteiger charge is 2.22. The van der Waals surface area contributed by atoms with Crippen molar-refractivity contribution < 1.29 is 4.79 Å². The van der Waals surface area contributed by atoms with Crippen LogP contribution in [0.1, 0.15) is 5.69 Å². The molecule has 1 aliphatic rings. The molecule has 24 heavy (non-hydrogen) atoms. The number of piperazine rings is 1. The molecule has 1 N–H and O–H groups in total. The van der Waals surface area contributed by atoms with E-state index in [0.717, 1.165) is 35.2 Å². The van der Waals surface area contributed by atoms with Crippen LogP contribution in [-0.4, -0.2) is 48.3 Å². The summed E-state index contributed by atoms with van der Waals surface area (Å²) in [6.07, 6.45) is 2.01. The van der Waals surface area contributed by atoms with Crippen molar-refractivity contribution in [2.45, 2.75) is 11.8 Å². The molecule has 0 unspecified atom stereocenters. The van der Waals surface area contributed by atoms with Crippen LogP contribution in [0.4, 0.5) is 16.3 Å². The van der Waals surface area contributed by atoms with Gasteiger partial charge in [-0.2, -0.15) is 0 Å². The van der Waals surface area contributed by atoms with Crippen LogP contribution in [0.25, 0.3) is 0 Å². The first-order chi connectivity index (χ1) is 11.7. The van der Waals surface area contributed by atoms with Crippen LogP contribution < -0.4 is 10.2 Å². The van der Waals surface area contributed by atoms with Crippen molar-refractivity contribution in [3.05, 3.63) is 48.2 Å². The molecule has 1 saturated heterocycles. The van der Waals surface area contributed by atoms with Gasteiger partial charge in [-0.15, -0.1) is 11.8 Å². The number of aromatic nitrogens is 1. The van der Waals surface area contributed by atoms with Crippen molar-refractivity contribution in [1.29, 1.82) is 0 Å². The van der Waals surface area contributed by atoms with E-state index in [1.807, 2.05) is 60.5 Å². The SMILES string of the molecule is CSc1ccccc1NC(=O)N1CCN(c2cccc(C)n2)CC1. The fourth-order valence-electron chi connectivity index (χ4n) is 2.79. The lowest BCUT2D eigenvalue weighted by molar-refractivity contribution is 0.208. The number of amides is 2. The third-order valence-electron chi connectivity index (χ3n) is 4.11. The van der Waals surface area contributed by atoms with Gasteiger partial charge < -0.3 is 15.1 Å². The van der Waals surface area contributed by atoms with Gasteiger partial charge in [0.05, 0.1) is 5.69 Å². The van der Waals surface area contributed by atoms with Crippen molar-refractivity contribution in [2.75, 3.05) is 42.7 Å². The van der Waals surface area contributed by atoms with Crippen LogP contribution in [0.2, 0.25) is 0 Å². The minimum absolute atomic E-state index is 0.0339. The highest BCUT2D eigenvalue weighted by atomic mass is 32.2. The molecule has 3 rings (SSSR count). The summed E-state index contributed by atoms with van der Waals surface area (Å²) in [5, 5.41) is 3.03. The van der Waals surface area contributed by atoms with Crippen molar-refractivity contribution in [3.8, 4) is 0 Å². The Kier molecular flexibility index (Phi) is 5.25. The van der Waals surface area contributed by atoms with Crippen molar-refractivity contribution in [1.82, 2.24) is 9.88 Å². The van der Waals surface area contributed by atoms with Gasteiger partial charge in [-0.3, -0.25) is 0 Å². The number of carbonyl (C=O) groups excluding carboxylic acids is 1. The summed E-state index contributed by atoms with van der Waals surface area (Å²) in [5.74, 6) is 0.989. The van der Waals surface area contributed by atoms with E-state index in [1.165, 1.54) is 0 Å². The first-order valence-corrected chi connectivity index (χ1v) is 9.27. The molecule has 1 aromatic heterocycles. The van der Waals surface area contributed by atoms with E-state index in [0.29, 0.717) is 13.1 Å². The zero-order valence-corrected chi connectivity index (χ0v) is 14.8. The van der Waals surface area contributed by atoms with Crippen molar-refractivity contribution in [2.24, 2.45) is 0 Å². The number of para-hydroxylation sites is 1. The van der Waals surface area contributed by atoms with E-state index >= 15 is 0 Å². The monoisotopic (exact) mass is 342 g/mol. The Morgan fingerprint density at radius 1 is 1.08 bits per heavy atom. The summed E-state index contributed by atoms with van der Waals surface area (Å²) in [6, 6.07) is 13.9. The summed E-state index contributed by atoms with van der Waals surface area (Å²) in [5.41, 5.74) is 1.89. The first-order valence-electron chi connectivity index (χ1n) is 8.05. The Bertz CT molecular complexity index is 714. The minimum Gasteiger partial charge on any atom is -0.353 e. The number of thioether (sulfide) groups is 1. The molecule has 126 valence electrons. The lowest BCUT2D eigenvalue weighted by Gasteiger charge is -2.35. The number of nitrogens with one attached hydrogen (secondary N) is 1. The number of rotatable bonds is 3. The average Bonchev–Trinajstić information content (AvgIpc) is 2.62. The Morgan fingerprint density at radius 3 is 2.54 bits per heavy atom. The highest BCUT2D eigenvalue weighted by Crippen LogP contribution is 2.25. The number of hydrogen-bond donors (Lipinski definition) is 1. The van der Waals surface area contributed by atoms with Crippen LogP contribution in [0.15, 0.2) is 47.4 Å². The standard InChI is InChI=1S/C18H22N4OS/c1-14-6-5-9-17(19-14)21-10-12-22(13-11-21)18(23)20-15-7-3-4-8-16(15)24-2/h3-9H,10-13H2,1-2H3,(H,20,23). The average molecular weight is 342 g/mol. The summed E-state index contributed by atoms with van der Waals surface area (Å²) >= 11 is 1.63. The van der Waals surface area contributed by atoms with Gasteiger partial charge in [0.2, 0.25) is 0 Å². The van der Waals surface area contributed by atoms with Gasteiger partial charge >= 0.3 is 6.03 Å². The molecule has 5 nitrogen and oxygen atoms in total. The number of urea groups is 1. The number of benzene rings is 1. The van der Waals surface area contributed by atoms with E-state index in [9.17, 15) is 4.79 Å². The van der Waals surface area contributed by atoms with Gasteiger partial charge in [0.15, 0.2) is 0 Å². The van der Waals surface area contributed by atoms with Gasteiger partial charge in [-0.05, 0) is 37.4 Å². The fourth-order valence-corrected chi connectivity index (χ4v) is 3.34. The number of hydrogen-bond acceptors (Lipinski definition) is 4. The fraction of sp³-hybridized carbons (Fsp3) is 0.333. The number of pyridine rings is 1. The molecule has 0 saturated carbocycles. The van der Waals surface area contributed by atoms with Gasteiger partial charge in [-0.25, -0.2) is 9.78 Å². The third kappa shape index (κ3) is 3.82.